The summed E-state index contributed by atoms with van der Waals surface area (Å²) in [6.45, 7) is 4.03. The summed E-state index contributed by atoms with van der Waals surface area (Å²) in [6, 6.07) is 15.5. The predicted octanol–water partition coefficient (Wildman–Crippen LogP) is 3.74. The molecule has 0 bridgehead atoms. The van der Waals surface area contributed by atoms with Crippen molar-refractivity contribution in [3.8, 4) is 0 Å². The smallest absolute Gasteiger partial charge is 0.338 e. The number of aromatic nitrogens is 3. The van der Waals surface area contributed by atoms with Gasteiger partial charge in [0.1, 0.15) is 17.0 Å². The summed E-state index contributed by atoms with van der Waals surface area (Å²) in [5.74, 6) is -0.710. The van der Waals surface area contributed by atoms with Crippen LogP contribution in [0.1, 0.15) is 39.2 Å². The summed E-state index contributed by atoms with van der Waals surface area (Å²) < 4.78 is 33.8. The van der Waals surface area contributed by atoms with Gasteiger partial charge in [-0.3, -0.25) is 4.79 Å². The molecule has 9 nitrogen and oxygen atoms in total. The van der Waals surface area contributed by atoms with Gasteiger partial charge in [-0.05, 0) is 55.8 Å². The highest BCUT2D eigenvalue weighted by molar-refractivity contribution is 7.90. The van der Waals surface area contributed by atoms with E-state index in [9.17, 15) is 18.0 Å². The third kappa shape index (κ3) is 5.18. The number of pyridine rings is 1. The number of nitrogens with zero attached hydrogens (tertiary/aromatic N) is 3. The van der Waals surface area contributed by atoms with Crippen molar-refractivity contribution in [2.75, 3.05) is 6.61 Å². The molecule has 180 valence electrons. The topological polar surface area (TPSA) is 120 Å². The molecule has 0 unspecified atom stereocenters. The predicted molar refractivity (Wildman–Crippen MR) is 130 cm³/mol. The summed E-state index contributed by atoms with van der Waals surface area (Å²) in [5, 5.41) is 0.361. The fourth-order valence-electron chi connectivity index (χ4n) is 3.45. The van der Waals surface area contributed by atoms with Gasteiger partial charge in [0.15, 0.2) is 5.65 Å². The average Bonchev–Trinajstić information content (AvgIpc) is 3.14. The monoisotopic (exact) mass is 512 g/mol. The van der Waals surface area contributed by atoms with Crippen molar-refractivity contribution in [2.24, 2.45) is 0 Å². The average molecular weight is 513 g/mol. The van der Waals surface area contributed by atoms with Gasteiger partial charge in [0, 0.05) is 5.02 Å². The number of halogens is 1. The minimum Gasteiger partial charge on any atom is -0.462 e. The van der Waals surface area contributed by atoms with Crippen LogP contribution in [0.2, 0.25) is 5.02 Å². The van der Waals surface area contributed by atoms with Gasteiger partial charge in [-0.2, -0.15) is 0 Å². The van der Waals surface area contributed by atoms with E-state index in [0.29, 0.717) is 33.1 Å². The van der Waals surface area contributed by atoms with Crippen molar-refractivity contribution in [1.82, 2.24) is 19.3 Å². The minimum atomic E-state index is -4.05. The number of sulfonamides is 1. The Morgan fingerprint density at radius 2 is 1.80 bits per heavy atom. The first-order valence-corrected chi connectivity index (χ1v) is 12.5. The van der Waals surface area contributed by atoms with Crippen LogP contribution in [0.3, 0.4) is 0 Å². The summed E-state index contributed by atoms with van der Waals surface area (Å²) in [4.78, 5) is 33.5. The summed E-state index contributed by atoms with van der Waals surface area (Å²) in [7, 11) is -4.05. The Morgan fingerprint density at radius 3 is 2.49 bits per heavy atom. The maximum atomic E-state index is 12.7. The minimum absolute atomic E-state index is 0.0313. The first kappa shape index (κ1) is 24.4. The van der Waals surface area contributed by atoms with Gasteiger partial charge < -0.3 is 9.30 Å². The van der Waals surface area contributed by atoms with E-state index >= 15 is 0 Å². The Labute approximate surface area is 206 Å². The maximum Gasteiger partial charge on any atom is 0.338 e. The Hall–Kier alpha value is -3.76. The van der Waals surface area contributed by atoms with E-state index in [0.717, 1.165) is 0 Å². The lowest BCUT2D eigenvalue weighted by Gasteiger charge is -2.11. The lowest BCUT2D eigenvalue weighted by molar-refractivity contribution is 0.0526. The van der Waals surface area contributed by atoms with E-state index in [-0.39, 0.29) is 23.7 Å². The number of nitrogens with one attached hydrogen (secondary N) is 1. The molecule has 0 spiro atoms. The van der Waals surface area contributed by atoms with Crippen LogP contribution in [0.5, 0.6) is 0 Å². The number of imidazole rings is 1. The van der Waals surface area contributed by atoms with Crippen LogP contribution in [-0.4, -0.2) is 41.4 Å². The molecule has 0 fully saturated rings. The lowest BCUT2D eigenvalue weighted by Crippen LogP contribution is -2.31. The fourth-order valence-corrected chi connectivity index (χ4v) is 4.67. The molecule has 0 aliphatic carbocycles. The molecule has 0 saturated carbocycles. The number of esters is 1. The van der Waals surface area contributed by atoms with Gasteiger partial charge in [-0.25, -0.2) is 27.9 Å². The normalized spacial score (nSPS) is 11.4. The maximum absolute atomic E-state index is 12.7. The quantitative estimate of drug-likeness (QED) is 0.374. The van der Waals surface area contributed by atoms with Crippen molar-refractivity contribution in [3.05, 3.63) is 88.3 Å². The highest BCUT2D eigenvalue weighted by Crippen LogP contribution is 2.23. The number of rotatable bonds is 7. The van der Waals surface area contributed by atoms with Crippen molar-refractivity contribution in [2.45, 2.75) is 25.3 Å². The van der Waals surface area contributed by atoms with Gasteiger partial charge >= 0.3 is 5.97 Å². The molecule has 35 heavy (non-hydrogen) atoms. The number of ether oxygens (including phenoxy) is 1. The number of hydrogen-bond acceptors (Lipinski definition) is 7. The Bertz CT molecular complexity index is 1530. The van der Waals surface area contributed by atoms with Crippen molar-refractivity contribution < 1.29 is 22.7 Å². The van der Waals surface area contributed by atoms with Crippen LogP contribution in [0, 0.1) is 6.92 Å². The molecule has 2 heterocycles. The second-order valence-corrected chi connectivity index (χ2v) is 9.65. The summed E-state index contributed by atoms with van der Waals surface area (Å²) in [6.07, 6.45) is 0. The molecule has 0 aliphatic heterocycles. The third-order valence-electron chi connectivity index (χ3n) is 5.19. The van der Waals surface area contributed by atoms with Crippen LogP contribution < -0.4 is 4.72 Å². The molecule has 2 aromatic carbocycles. The van der Waals surface area contributed by atoms with E-state index < -0.39 is 21.9 Å². The van der Waals surface area contributed by atoms with Crippen molar-refractivity contribution in [3.63, 3.8) is 0 Å². The Balaban J connectivity index is 1.63. The molecule has 0 radical (unpaired) electrons. The molecular formula is C24H21ClN4O5S. The number of aryl methyl sites for hydroxylation is 1. The van der Waals surface area contributed by atoms with Gasteiger partial charge in [-0.15, -0.1) is 0 Å². The largest absolute Gasteiger partial charge is 0.462 e. The van der Waals surface area contributed by atoms with E-state index in [1.165, 1.54) is 24.3 Å². The van der Waals surface area contributed by atoms with Crippen LogP contribution >= 0.6 is 11.6 Å². The van der Waals surface area contributed by atoms with E-state index in [1.807, 2.05) is 4.72 Å². The first-order valence-electron chi connectivity index (χ1n) is 10.6. The first-order chi connectivity index (χ1) is 16.7. The third-order valence-corrected chi connectivity index (χ3v) is 6.89. The zero-order chi connectivity index (χ0) is 25.2. The van der Waals surface area contributed by atoms with Crippen molar-refractivity contribution >= 4 is 44.7 Å². The molecule has 4 aromatic rings. The number of hydrogen-bond donors (Lipinski definition) is 1. The second-order valence-electron chi connectivity index (χ2n) is 7.56. The zero-order valence-electron chi connectivity index (χ0n) is 18.9. The van der Waals surface area contributed by atoms with Crippen LogP contribution in [0.25, 0.3) is 11.2 Å². The Kier molecular flexibility index (Phi) is 6.86. The number of amides is 1. The van der Waals surface area contributed by atoms with Crippen LogP contribution in [0.4, 0.5) is 0 Å². The summed E-state index contributed by atoms with van der Waals surface area (Å²) in [5.41, 5.74) is 1.87. The summed E-state index contributed by atoms with van der Waals surface area (Å²) >= 11 is 6.41. The molecular weight excluding hydrogens is 492 g/mol. The number of fused-ring (bicyclic) bond motifs is 1. The Morgan fingerprint density at radius 1 is 1.06 bits per heavy atom. The van der Waals surface area contributed by atoms with Gasteiger partial charge in [0.25, 0.3) is 15.9 Å². The standard InChI is InChI=1S/C24H21ClN4O5S/c1-3-34-24(31)16-9-10-17(19(25)13-16)14-29-15(2)26-20-11-12-21(27-22(20)29)23(30)28-35(32,33)18-7-5-4-6-8-18/h4-13H,3,14H2,1-2H3,(H,28,30). The van der Waals surface area contributed by atoms with Crippen LogP contribution in [0.15, 0.2) is 65.6 Å². The highest BCUT2D eigenvalue weighted by atomic mass is 35.5. The number of benzene rings is 2. The molecule has 1 N–H and O–H groups in total. The second kappa shape index (κ2) is 9.85. The van der Waals surface area contributed by atoms with Gasteiger partial charge in [0.05, 0.1) is 23.6 Å². The molecule has 1 amide bonds. The molecule has 11 heteroatoms. The molecule has 4 rings (SSSR count). The molecule has 0 saturated heterocycles. The van der Waals surface area contributed by atoms with Gasteiger partial charge in [0.2, 0.25) is 0 Å². The van der Waals surface area contributed by atoms with Gasteiger partial charge in [-0.1, -0.05) is 35.9 Å². The molecule has 2 aromatic heterocycles. The van der Waals surface area contributed by atoms with E-state index in [4.69, 9.17) is 16.3 Å². The molecule has 0 aliphatic rings. The van der Waals surface area contributed by atoms with E-state index in [2.05, 4.69) is 9.97 Å². The molecule has 0 atom stereocenters. The van der Waals surface area contributed by atoms with Crippen LogP contribution in [-0.2, 0) is 21.3 Å². The zero-order valence-corrected chi connectivity index (χ0v) is 20.4. The lowest BCUT2D eigenvalue weighted by atomic mass is 10.1. The SMILES string of the molecule is CCOC(=O)c1ccc(Cn2c(C)nc3ccc(C(=O)NS(=O)(=O)c4ccccc4)nc32)c(Cl)c1. The number of carbonyl (C=O) groups excluding carboxylic acids is 2. The van der Waals surface area contributed by atoms with E-state index in [1.54, 1.807) is 54.8 Å². The number of carbonyl (C=O) groups is 2. The van der Waals surface area contributed by atoms with Crippen molar-refractivity contribution in [1.29, 1.82) is 0 Å². The highest BCUT2D eigenvalue weighted by Gasteiger charge is 2.21. The fraction of sp³-hybridized carbons (Fsp3) is 0.167.